The predicted octanol–water partition coefficient (Wildman–Crippen LogP) is 4.50. The van der Waals surface area contributed by atoms with Gasteiger partial charge >= 0.3 is 0 Å². The van der Waals surface area contributed by atoms with Gasteiger partial charge in [-0.05, 0) is 63.3 Å². The number of benzene rings is 2. The second kappa shape index (κ2) is 8.64. The zero-order valence-corrected chi connectivity index (χ0v) is 18.5. The first-order valence-electron chi connectivity index (χ1n) is 10.5. The highest BCUT2D eigenvalue weighted by atomic mass is 32.2. The van der Waals surface area contributed by atoms with Crippen LogP contribution in [0.15, 0.2) is 52.4 Å². The quantitative estimate of drug-likeness (QED) is 0.460. The van der Waals surface area contributed by atoms with E-state index in [2.05, 4.69) is 6.92 Å². The molecule has 0 N–H and O–H groups in total. The van der Waals surface area contributed by atoms with Crippen LogP contribution in [0.4, 0.5) is 0 Å². The lowest BCUT2D eigenvalue weighted by Crippen LogP contribution is -2.43. The van der Waals surface area contributed by atoms with Gasteiger partial charge in [0.2, 0.25) is 5.91 Å². The Bertz CT molecular complexity index is 1130. The number of carbonyl (C=O) groups is 1. The highest BCUT2D eigenvalue weighted by Crippen LogP contribution is 2.26. The third kappa shape index (κ3) is 3.88. The molecule has 3 aromatic rings. The Hall–Kier alpha value is -2.60. The van der Waals surface area contributed by atoms with Crippen LogP contribution >= 0.6 is 11.8 Å². The monoisotopic (exact) mass is 421 g/mol. The third-order valence-electron chi connectivity index (χ3n) is 5.86. The molecule has 0 radical (unpaired) electrons. The Balaban J connectivity index is 1.77. The van der Waals surface area contributed by atoms with Gasteiger partial charge in [0, 0.05) is 12.6 Å². The zero-order valence-electron chi connectivity index (χ0n) is 17.7. The number of carbonyl (C=O) groups excluding carboxylic acids is 1. The SMILES string of the molecule is Cc1cccc(C)c1-n1c(SCC(=O)N2CCCC[C@@H]2C)nc2ccccc2c1=O. The zero-order chi connectivity index (χ0) is 21.3. The van der Waals surface area contributed by atoms with Gasteiger partial charge in [0.15, 0.2) is 5.16 Å². The summed E-state index contributed by atoms with van der Waals surface area (Å²) in [7, 11) is 0. The molecule has 156 valence electrons. The number of rotatable bonds is 4. The molecule has 2 aromatic carbocycles. The molecular formula is C24H27N3O2S. The normalized spacial score (nSPS) is 16.8. The summed E-state index contributed by atoms with van der Waals surface area (Å²) in [6.07, 6.45) is 3.29. The number of amides is 1. The molecule has 1 aliphatic rings. The Morgan fingerprint density at radius 3 is 2.57 bits per heavy atom. The largest absolute Gasteiger partial charge is 0.339 e. The summed E-state index contributed by atoms with van der Waals surface area (Å²) in [5.41, 5.74) is 3.42. The van der Waals surface area contributed by atoms with Crippen molar-refractivity contribution in [2.45, 2.75) is 51.2 Å². The Morgan fingerprint density at radius 1 is 1.10 bits per heavy atom. The van der Waals surface area contributed by atoms with Gasteiger partial charge in [-0.1, -0.05) is 42.1 Å². The van der Waals surface area contributed by atoms with Crippen molar-refractivity contribution < 1.29 is 4.79 Å². The maximum Gasteiger partial charge on any atom is 0.266 e. The van der Waals surface area contributed by atoms with Gasteiger partial charge in [-0.2, -0.15) is 0 Å². The molecule has 0 saturated carbocycles. The van der Waals surface area contributed by atoms with Crippen LogP contribution in [0.2, 0.25) is 0 Å². The molecule has 1 saturated heterocycles. The van der Waals surface area contributed by atoms with Crippen molar-refractivity contribution in [3.8, 4) is 5.69 Å². The van der Waals surface area contributed by atoms with Crippen LogP contribution in [0.25, 0.3) is 16.6 Å². The summed E-state index contributed by atoms with van der Waals surface area (Å²) in [6.45, 7) is 6.93. The van der Waals surface area contributed by atoms with E-state index in [9.17, 15) is 9.59 Å². The number of piperidine rings is 1. The smallest absolute Gasteiger partial charge is 0.266 e. The molecule has 2 heterocycles. The lowest BCUT2D eigenvalue weighted by Gasteiger charge is -2.33. The van der Waals surface area contributed by atoms with Crippen LogP contribution in [0.1, 0.15) is 37.3 Å². The number of aryl methyl sites for hydroxylation is 2. The van der Waals surface area contributed by atoms with Gasteiger partial charge in [0.25, 0.3) is 5.56 Å². The average Bonchev–Trinajstić information content (AvgIpc) is 2.74. The van der Waals surface area contributed by atoms with E-state index >= 15 is 0 Å². The molecule has 1 atom stereocenters. The van der Waals surface area contributed by atoms with Crippen LogP contribution in [0, 0.1) is 13.8 Å². The van der Waals surface area contributed by atoms with E-state index in [0.29, 0.717) is 16.1 Å². The van der Waals surface area contributed by atoms with E-state index in [0.717, 1.165) is 36.2 Å². The summed E-state index contributed by atoms with van der Waals surface area (Å²) >= 11 is 1.35. The average molecular weight is 422 g/mol. The predicted molar refractivity (Wildman–Crippen MR) is 123 cm³/mol. The molecule has 1 fully saturated rings. The third-order valence-corrected chi connectivity index (χ3v) is 6.78. The van der Waals surface area contributed by atoms with Crippen LogP contribution in [-0.4, -0.2) is 38.7 Å². The standard InChI is InChI=1S/C24H27N3O2S/c1-16-9-8-10-17(2)22(16)27-23(29)19-12-4-5-13-20(19)25-24(27)30-15-21(28)26-14-7-6-11-18(26)3/h4-5,8-10,12-13,18H,6-7,11,14-15H2,1-3H3/t18-/m0/s1. The van der Waals surface area contributed by atoms with E-state index in [1.807, 2.05) is 61.2 Å². The fraction of sp³-hybridized carbons (Fsp3) is 0.375. The van der Waals surface area contributed by atoms with Gasteiger partial charge in [0.05, 0.1) is 22.3 Å². The molecule has 30 heavy (non-hydrogen) atoms. The molecular weight excluding hydrogens is 394 g/mol. The van der Waals surface area contributed by atoms with E-state index in [4.69, 9.17) is 4.98 Å². The molecule has 5 nitrogen and oxygen atoms in total. The van der Waals surface area contributed by atoms with Crippen molar-refractivity contribution in [2.75, 3.05) is 12.3 Å². The van der Waals surface area contributed by atoms with Crippen LogP contribution in [0.3, 0.4) is 0 Å². The van der Waals surface area contributed by atoms with Crippen molar-refractivity contribution in [1.29, 1.82) is 0 Å². The minimum atomic E-state index is -0.0979. The molecule has 0 aliphatic carbocycles. The van der Waals surface area contributed by atoms with Crippen molar-refractivity contribution in [3.63, 3.8) is 0 Å². The number of fused-ring (bicyclic) bond motifs is 1. The van der Waals surface area contributed by atoms with Gasteiger partial charge in [-0.3, -0.25) is 14.2 Å². The number of hydrogen-bond donors (Lipinski definition) is 0. The van der Waals surface area contributed by atoms with Crippen LogP contribution in [0.5, 0.6) is 0 Å². The molecule has 6 heteroatoms. The molecule has 0 unspecified atom stereocenters. The first kappa shape index (κ1) is 20.7. The van der Waals surface area contributed by atoms with Gasteiger partial charge in [0.1, 0.15) is 0 Å². The molecule has 4 rings (SSSR count). The lowest BCUT2D eigenvalue weighted by atomic mass is 10.0. The molecule has 0 bridgehead atoms. The maximum atomic E-state index is 13.5. The summed E-state index contributed by atoms with van der Waals surface area (Å²) < 4.78 is 1.69. The number of likely N-dealkylation sites (tertiary alicyclic amines) is 1. The molecule has 1 aromatic heterocycles. The van der Waals surface area contributed by atoms with Gasteiger partial charge in [-0.15, -0.1) is 0 Å². The molecule has 1 amide bonds. The molecule has 0 spiro atoms. The minimum absolute atomic E-state index is 0.0979. The molecule has 1 aliphatic heterocycles. The number of para-hydroxylation sites is 2. The minimum Gasteiger partial charge on any atom is -0.339 e. The highest BCUT2D eigenvalue weighted by Gasteiger charge is 2.24. The highest BCUT2D eigenvalue weighted by molar-refractivity contribution is 7.99. The van der Waals surface area contributed by atoms with E-state index < -0.39 is 0 Å². The Kier molecular flexibility index (Phi) is 5.95. The Labute approximate surface area is 181 Å². The van der Waals surface area contributed by atoms with Crippen LogP contribution < -0.4 is 5.56 Å². The fourth-order valence-electron chi connectivity index (χ4n) is 4.24. The maximum absolute atomic E-state index is 13.5. The number of hydrogen-bond acceptors (Lipinski definition) is 4. The number of aromatic nitrogens is 2. The van der Waals surface area contributed by atoms with E-state index in [1.165, 1.54) is 18.2 Å². The first-order valence-corrected chi connectivity index (χ1v) is 11.5. The number of nitrogens with zero attached hydrogens (tertiary/aromatic N) is 3. The summed E-state index contributed by atoms with van der Waals surface area (Å²) in [5.74, 6) is 0.391. The number of thioether (sulfide) groups is 1. The fourth-order valence-corrected chi connectivity index (χ4v) is 5.13. The van der Waals surface area contributed by atoms with Crippen molar-refractivity contribution in [2.24, 2.45) is 0 Å². The van der Waals surface area contributed by atoms with E-state index in [-0.39, 0.29) is 23.3 Å². The van der Waals surface area contributed by atoms with E-state index in [1.54, 1.807) is 4.57 Å². The first-order chi connectivity index (χ1) is 14.5. The van der Waals surface area contributed by atoms with Crippen molar-refractivity contribution >= 4 is 28.6 Å². The van der Waals surface area contributed by atoms with Crippen molar-refractivity contribution in [1.82, 2.24) is 14.5 Å². The Morgan fingerprint density at radius 2 is 1.83 bits per heavy atom. The second-order valence-corrected chi connectivity index (χ2v) is 8.96. The van der Waals surface area contributed by atoms with Crippen molar-refractivity contribution in [3.05, 3.63) is 63.9 Å². The van der Waals surface area contributed by atoms with Gasteiger partial charge < -0.3 is 4.90 Å². The summed E-state index contributed by atoms with van der Waals surface area (Å²) in [4.78, 5) is 33.1. The second-order valence-electron chi connectivity index (χ2n) is 8.01. The summed E-state index contributed by atoms with van der Waals surface area (Å²) in [6, 6.07) is 13.7. The lowest BCUT2D eigenvalue weighted by molar-refractivity contribution is -0.131. The van der Waals surface area contributed by atoms with Crippen LogP contribution in [-0.2, 0) is 4.79 Å². The van der Waals surface area contributed by atoms with Gasteiger partial charge in [-0.25, -0.2) is 4.98 Å². The summed E-state index contributed by atoms with van der Waals surface area (Å²) in [5, 5.41) is 1.15. The topological polar surface area (TPSA) is 55.2 Å².